The topological polar surface area (TPSA) is 46.2 Å². The van der Waals surface area contributed by atoms with Crippen molar-refractivity contribution < 1.29 is 8.42 Å². The Balaban J connectivity index is 2.35. The number of sulfone groups is 1. The molecule has 0 saturated heterocycles. The van der Waals surface area contributed by atoms with Crippen molar-refractivity contribution in [3.63, 3.8) is 0 Å². The summed E-state index contributed by atoms with van der Waals surface area (Å²) >= 11 is 0. The second kappa shape index (κ2) is 4.62. The maximum atomic E-state index is 11.7. The van der Waals surface area contributed by atoms with E-state index in [0.717, 1.165) is 0 Å². The smallest absolute Gasteiger partial charge is 0.154 e. The van der Waals surface area contributed by atoms with Crippen LogP contribution in [0.5, 0.6) is 0 Å². The van der Waals surface area contributed by atoms with Gasteiger partial charge in [0, 0.05) is 12.6 Å². The summed E-state index contributed by atoms with van der Waals surface area (Å²) < 4.78 is 23.5. The first kappa shape index (κ1) is 12.0. The average molecular weight is 219 g/mol. The van der Waals surface area contributed by atoms with Crippen LogP contribution in [0, 0.1) is 5.92 Å². The van der Waals surface area contributed by atoms with Crippen LogP contribution in [0.25, 0.3) is 0 Å². The molecule has 1 rings (SSSR count). The predicted octanol–water partition coefficient (Wildman–Crippen LogP) is 1.20. The van der Waals surface area contributed by atoms with Crippen LogP contribution in [0.1, 0.15) is 33.6 Å². The molecule has 1 unspecified atom stereocenters. The van der Waals surface area contributed by atoms with Crippen LogP contribution in [0.15, 0.2) is 0 Å². The number of nitrogens with one attached hydrogen (secondary N) is 1. The molecule has 4 heteroatoms. The molecule has 1 aliphatic carbocycles. The number of rotatable bonds is 6. The van der Waals surface area contributed by atoms with Gasteiger partial charge in [0.25, 0.3) is 0 Å². The Morgan fingerprint density at radius 1 is 1.29 bits per heavy atom. The summed E-state index contributed by atoms with van der Waals surface area (Å²) in [5.41, 5.74) is 0. The SMILES string of the molecule is CC(C)CS(=O)(=O)C(C)CNC1CC1. The van der Waals surface area contributed by atoms with Crippen molar-refractivity contribution >= 4 is 9.84 Å². The van der Waals surface area contributed by atoms with Crippen molar-refractivity contribution in [2.45, 2.75) is 44.9 Å². The van der Waals surface area contributed by atoms with Gasteiger partial charge in [0.2, 0.25) is 0 Å². The van der Waals surface area contributed by atoms with Gasteiger partial charge in [0.1, 0.15) is 0 Å². The van der Waals surface area contributed by atoms with Gasteiger partial charge in [-0.3, -0.25) is 0 Å². The normalized spacial score (nSPS) is 20.0. The van der Waals surface area contributed by atoms with Crippen LogP contribution in [0.2, 0.25) is 0 Å². The van der Waals surface area contributed by atoms with E-state index in [2.05, 4.69) is 5.32 Å². The van der Waals surface area contributed by atoms with Gasteiger partial charge in [-0.2, -0.15) is 0 Å². The Hall–Kier alpha value is -0.0900. The first-order chi connectivity index (χ1) is 6.42. The Kier molecular flexibility index (Phi) is 3.95. The lowest BCUT2D eigenvalue weighted by molar-refractivity contribution is 0.559. The molecule has 1 fully saturated rings. The maximum absolute atomic E-state index is 11.7. The molecule has 0 radical (unpaired) electrons. The largest absolute Gasteiger partial charge is 0.313 e. The minimum absolute atomic E-state index is 0.225. The standard InChI is InChI=1S/C10H21NO2S/c1-8(2)7-14(12,13)9(3)6-11-10-4-5-10/h8-11H,4-7H2,1-3H3. The molecule has 0 aromatic heterocycles. The van der Waals surface area contributed by atoms with Crippen LogP contribution >= 0.6 is 0 Å². The van der Waals surface area contributed by atoms with Crippen molar-refractivity contribution in [1.82, 2.24) is 5.32 Å². The molecule has 0 heterocycles. The Bertz CT molecular complexity index is 268. The van der Waals surface area contributed by atoms with Gasteiger partial charge in [-0.25, -0.2) is 8.42 Å². The van der Waals surface area contributed by atoms with Crippen molar-refractivity contribution in [2.75, 3.05) is 12.3 Å². The third kappa shape index (κ3) is 3.96. The Labute approximate surface area is 87.2 Å². The highest BCUT2D eigenvalue weighted by molar-refractivity contribution is 7.92. The van der Waals surface area contributed by atoms with E-state index in [9.17, 15) is 8.42 Å². The fourth-order valence-corrected chi connectivity index (χ4v) is 2.98. The fraction of sp³-hybridized carbons (Fsp3) is 1.00. The molecule has 0 spiro atoms. The molecular formula is C10H21NO2S. The fourth-order valence-electron chi connectivity index (χ4n) is 1.38. The van der Waals surface area contributed by atoms with E-state index in [4.69, 9.17) is 0 Å². The first-order valence-electron chi connectivity index (χ1n) is 5.36. The Morgan fingerprint density at radius 3 is 2.29 bits per heavy atom. The van der Waals surface area contributed by atoms with Gasteiger partial charge < -0.3 is 5.32 Å². The van der Waals surface area contributed by atoms with Crippen LogP contribution in [-0.2, 0) is 9.84 Å². The van der Waals surface area contributed by atoms with Gasteiger partial charge in [-0.15, -0.1) is 0 Å². The molecule has 0 aliphatic heterocycles. The monoisotopic (exact) mass is 219 g/mol. The van der Waals surface area contributed by atoms with Crippen LogP contribution in [0.3, 0.4) is 0 Å². The molecule has 0 amide bonds. The van der Waals surface area contributed by atoms with Crippen LogP contribution in [0.4, 0.5) is 0 Å². The van der Waals surface area contributed by atoms with Gasteiger partial charge in [-0.05, 0) is 25.7 Å². The summed E-state index contributed by atoms with van der Waals surface area (Å²) in [4.78, 5) is 0. The molecular weight excluding hydrogens is 198 g/mol. The van der Waals surface area contributed by atoms with E-state index >= 15 is 0 Å². The average Bonchev–Trinajstić information content (AvgIpc) is 2.80. The molecule has 1 saturated carbocycles. The molecule has 1 N–H and O–H groups in total. The molecule has 14 heavy (non-hydrogen) atoms. The highest BCUT2D eigenvalue weighted by Gasteiger charge is 2.26. The Morgan fingerprint density at radius 2 is 1.86 bits per heavy atom. The highest BCUT2D eigenvalue weighted by atomic mass is 32.2. The van der Waals surface area contributed by atoms with Crippen LogP contribution in [-0.4, -0.2) is 32.0 Å². The third-order valence-electron chi connectivity index (χ3n) is 2.45. The molecule has 0 aromatic rings. The van der Waals surface area contributed by atoms with Gasteiger partial charge >= 0.3 is 0 Å². The summed E-state index contributed by atoms with van der Waals surface area (Å²) in [6.07, 6.45) is 2.41. The quantitative estimate of drug-likeness (QED) is 0.730. The third-order valence-corrected chi connectivity index (χ3v) is 4.97. The zero-order valence-electron chi connectivity index (χ0n) is 9.29. The van der Waals surface area contributed by atoms with Crippen molar-refractivity contribution in [3.05, 3.63) is 0 Å². The van der Waals surface area contributed by atoms with E-state index in [0.29, 0.717) is 18.3 Å². The van der Waals surface area contributed by atoms with E-state index in [1.807, 2.05) is 13.8 Å². The summed E-state index contributed by atoms with van der Waals surface area (Å²) in [7, 11) is -2.89. The summed E-state index contributed by atoms with van der Waals surface area (Å²) in [6.45, 7) is 6.30. The highest BCUT2D eigenvalue weighted by Crippen LogP contribution is 2.19. The summed E-state index contributed by atoms with van der Waals surface area (Å²) in [5.74, 6) is 0.531. The number of hydrogen-bond acceptors (Lipinski definition) is 3. The van der Waals surface area contributed by atoms with Gasteiger partial charge in [-0.1, -0.05) is 13.8 Å². The predicted molar refractivity (Wildman–Crippen MR) is 59.1 cm³/mol. The molecule has 1 atom stereocenters. The van der Waals surface area contributed by atoms with E-state index in [-0.39, 0.29) is 11.2 Å². The molecule has 0 bridgehead atoms. The molecule has 84 valence electrons. The minimum atomic E-state index is -2.89. The summed E-state index contributed by atoms with van der Waals surface area (Å²) in [5, 5.41) is 3.01. The van der Waals surface area contributed by atoms with E-state index in [1.165, 1.54) is 12.8 Å². The zero-order chi connectivity index (χ0) is 10.8. The van der Waals surface area contributed by atoms with Crippen molar-refractivity contribution in [3.8, 4) is 0 Å². The van der Waals surface area contributed by atoms with Crippen molar-refractivity contribution in [2.24, 2.45) is 5.92 Å². The van der Waals surface area contributed by atoms with Gasteiger partial charge in [0.15, 0.2) is 9.84 Å². The minimum Gasteiger partial charge on any atom is -0.313 e. The lowest BCUT2D eigenvalue weighted by Crippen LogP contribution is -2.34. The second-order valence-electron chi connectivity index (χ2n) is 4.72. The van der Waals surface area contributed by atoms with Gasteiger partial charge in [0.05, 0.1) is 11.0 Å². The summed E-state index contributed by atoms with van der Waals surface area (Å²) in [6, 6.07) is 0.590. The second-order valence-corrected chi connectivity index (χ2v) is 7.18. The van der Waals surface area contributed by atoms with Crippen LogP contribution < -0.4 is 5.32 Å². The molecule has 3 nitrogen and oxygen atoms in total. The molecule has 0 aromatic carbocycles. The maximum Gasteiger partial charge on any atom is 0.154 e. The first-order valence-corrected chi connectivity index (χ1v) is 7.08. The lowest BCUT2D eigenvalue weighted by atomic mass is 10.3. The van der Waals surface area contributed by atoms with Crippen molar-refractivity contribution in [1.29, 1.82) is 0 Å². The lowest BCUT2D eigenvalue weighted by Gasteiger charge is -2.14. The van der Waals surface area contributed by atoms with E-state index in [1.54, 1.807) is 6.92 Å². The number of hydrogen-bond donors (Lipinski definition) is 1. The van der Waals surface area contributed by atoms with E-state index < -0.39 is 9.84 Å². The zero-order valence-corrected chi connectivity index (χ0v) is 10.1. The molecule has 1 aliphatic rings.